The maximum absolute atomic E-state index is 4.33. The molecule has 1 heteroatoms. The zero-order chi connectivity index (χ0) is 8.39. The van der Waals surface area contributed by atoms with E-state index in [1.54, 1.807) is 0 Å². The fraction of sp³-hybridized carbons (Fsp3) is 0. The molecule has 0 unspecified atom stereocenters. The molecule has 0 atom stereocenters. The molecule has 0 saturated carbocycles. The van der Waals surface area contributed by atoms with Crippen molar-refractivity contribution in [3.05, 3.63) is 59.3 Å². The zero-order valence-electron chi connectivity index (χ0n) is 6.70. The SMILES string of the molecule is C=C1C=CC=c2ccccc2=N1. The fourth-order valence-electron chi connectivity index (χ4n) is 1.19. The van der Waals surface area contributed by atoms with Gasteiger partial charge in [0.2, 0.25) is 0 Å². The Labute approximate surface area is 71.1 Å². The highest BCUT2D eigenvalue weighted by atomic mass is 14.7. The predicted molar refractivity (Wildman–Crippen MR) is 50.0 cm³/mol. The minimum absolute atomic E-state index is 0.802. The summed E-state index contributed by atoms with van der Waals surface area (Å²) in [4.78, 5) is 4.33. The second kappa shape index (κ2) is 2.78. The Balaban J connectivity index is 2.84. The van der Waals surface area contributed by atoms with Crippen LogP contribution in [0.25, 0.3) is 6.08 Å². The molecule has 1 nitrogen and oxygen atoms in total. The molecule has 1 aliphatic rings. The van der Waals surface area contributed by atoms with E-state index in [1.807, 2.05) is 42.5 Å². The van der Waals surface area contributed by atoms with Crippen molar-refractivity contribution < 1.29 is 0 Å². The largest absolute Gasteiger partial charge is 0.249 e. The lowest BCUT2D eigenvalue weighted by atomic mass is 10.3. The Morgan fingerprint density at radius 2 is 2.00 bits per heavy atom. The quantitative estimate of drug-likeness (QED) is 0.533. The van der Waals surface area contributed by atoms with E-state index in [0.717, 1.165) is 16.3 Å². The number of fused-ring (bicyclic) bond motifs is 1. The van der Waals surface area contributed by atoms with Gasteiger partial charge in [-0.2, -0.15) is 0 Å². The predicted octanol–water partition coefficient (Wildman–Crippen LogP) is 1.17. The van der Waals surface area contributed by atoms with Gasteiger partial charge < -0.3 is 0 Å². The summed E-state index contributed by atoms with van der Waals surface area (Å²) in [6.07, 6.45) is 5.91. The van der Waals surface area contributed by atoms with Crippen LogP contribution in [0.1, 0.15) is 0 Å². The summed E-state index contributed by atoms with van der Waals surface area (Å²) < 4.78 is 0. The highest BCUT2D eigenvalue weighted by Crippen LogP contribution is 1.94. The van der Waals surface area contributed by atoms with Crippen molar-refractivity contribution in [3.63, 3.8) is 0 Å². The van der Waals surface area contributed by atoms with Gasteiger partial charge >= 0.3 is 0 Å². The first-order valence-electron chi connectivity index (χ1n) is 3.87. The van der Waals surface area contributed by atoms with Crippen LogP contribution in [0.4, 0.5) is 0 Å². The highest BCUT2D eigenvalue weighted by molar-refractivity contribution is 5.41. The number of hydrogen-bond acceptors (Lipinski definition) is 1. The minimum atomic E-state index is 0.802. The monoisotopic (exact) mass is 155 g/mol. The maximum atomic E-state index is 4.33. The lowest BCUT2D eigenvalue weighted by molar-refractivity contribution is 1.26. The van der Waals surface area contributed by atoms with Gasteiger partial charge in [0.25, 0.3) is 0 Å². The number of rotatable bonds is 0. The number of hydrogen-bond donors (Lipinski definition) is 0. The van der Waals surface area contributed by atoms with Crippen molar-refractivity contribution in [2.24, 2.45) is 4.99 Å². The Hall–Kier alpha value is -1.63. The van der Waals surface area contributed by atoms with E-state index in [9.17, 15) is 0 Å². The molecule has 0 fully saturated rings. The summed E-state index contributed by atoms with van der Waals surface area (Å²) in [5.74, 6) is 0. The van der Waals surface area contributed by atoms with E-state index in [1.165, 1.54) is 0 Å². The Morgan fingerprint density at radius 1 is 1.17 bits per heavy atom. The van der Waals surface area contributed by atoms with E-state index in [0.29, 0.717) is 0 Å². The van der Waals surface area contributed by atoms with E-state index >= 15 is 0 Å². The smallest absolute Gasteiger partial charge is 0.0708 e. The minimum Gasteiger partial charge on any atom is -0.249 e. The molecule has 0 amide bonds. The van der Waals surface area contributed by atoms with Gasteiger partial charge in [-0.05, 0) is 12.1 Å². The summed E-state index contributed by atoms with van der Waals surface area (Å²) in [7, 11) is 0. The third kappa shape index (κ3) is 1.21. The molecule has 1 aliphatic heterocycles. The first-order chi connectivity index (χ1) is 5.86. The van der Waals surface area contributed by atoms with Crippen LogP contribution < -0.4 is 10.6 Å². The lowest BCUT2D eigenvalue weighted by Crippen LogP contribution is -2.22. The molecule has 1 heterocycles. The van der Waals surface area contributed by atoms with Crippen molar-refractivity contribution in [2.75, 3.05) is 0 Å². The highest BCUT2D eigenvalue weighted by Gasteiger charge is 1.89. The lowest BCUT2D eigenvalue weighted by Gasteiger charge is -1.87. The standard InChI is InChI=1S/C11H9N/c1-9-5-4-7-10-6-2-3-8-11(10)12-9/h2-8H,1H2. The molecule has 1 aromatic rings. The maximum Gasteiger partial charge on any atom is 0.0708 e. The average molecular weight is 155 g/mol. The van der Waals surface area contributed by atoms with Gasteiger partial charge in [-0.15, -0.1) is 0 Å². The molecule has 12 heavy (non-hydrogen) atoms. The molecule has 2 rings (SSSR count). The van der Waals surface area contributed by atoms with Crippen LogP contribution in [0.15, 0.2) is 53.7 Å². The summed E-state index contributed by atoms with van der Waals surface area (Å²) >= 11 is 0. The van der Waals surface area contributed by atoms with Crippen molar-refractivity contribution in [3.8, 4) is 0 Å². The average Bonchev–Trinajstić information content (AvgIpc) is 2.25. The molecule has 0 spiro atoms. The molecular weight excluding hydrogens is 146 g/mol. The van der Waals surface area contributed by atoms with Gasteiger partial charge in [0.1, 0.15) is 0 Å². The molecule has 0 radical (unpaired) electrons. The van der Waals surface area contributed by atoms with Crippen molar-refractivity contribution >= 4 is 6.08 Å². The Morgan fingerprint density at radius 3 is 2.92 bits per heavy atom. The molecule has 58 valence electrons. The van der Waals surface area contributed by atoms with Crippen molar-refractivity contribution in [1.29, 1.82) is 0 Å². The van der Waals surface area contributed by atoms with Crippen molar-refractivity contribution in [2.45, 2.75) is 0 Å². The Kier molecular flexibility index (Phi) is 1.63. The first-order valence-corrected chi connectivity index (χ1v) is 3.87. The normalized spacial score (nSPS) is 14.2. The number of benzene rings is 1. The van der Waals surface area contributed by atoms with Gasteiger partial charge in [0, 0.05) is 5.22 Å². The summed E-state index contributed by atoms with van der Waals surface area (Å²) in [5.41, 5.74) is 0.802. The first kappa shape index (κ1) is 7.04. The fourth-order valence-corrected chi connectivity index (χ4v) is 1.19. The van der Waals surface area contributed by atoms with Gasteiger partial charge in [-0.25, -0.2) is 4.99 Å². The van der Waals surface area contributed by atoms with Crippen LogP contribution in [0.3, 0.4) is 0 Å². The second-order valence-corrected chi connectivity index (χ2v) is 2.69. The molecule has 0 aromatic heterocycles. The van der Waals surface area contributed by atoms with Crippen LogP contribution in [-0.2, 0) is 0 Å². The summed E-state index contributed by atoms with van der Waals surface area (Å²) in [6, 6.07) is 8.02. The molecule has 0 aliphatic carbocycles. The summed E-state index contributed by atoms with van der Waals surface area (Å²) in [5, 5.41) is 2.14. The molecule has 0 N–H and O–H groups in total. The Bertz CT molecular complexity index is 452. The molecular formula is C11H9N. The van der Waals surface area contributed by atoms with Crippen LogP contribution in [0.5, 0.6) is 0 Å². The number of nitrogens with zero attached hydrogens (tertiary/aromatic N) is 1. The van der Waals surface area contributed by atoms with Gasteiger partial charge in [-0.1, -0.05) is 36.9 Å². The topological polar surface area (TPSA) is 12.4 Å². The number of para-hydroxylation sites is 1. The molecule has 1 aromatic carbocycles. The molecule has 0 bridgehead atoms. The summed E-state index contributed by atoms with van der Waals surface area (Å²) in [6.45, 7) is 3.80. The van der Waals surface area contributed by atoms with Crippen LogP contribution in [-0.4, -0.2) is 0 Å². The molecule has 0 saturated heterocycles. The van der Waals surface area contributed by atoms with Gasteiger partial charge in [0.05, 0.1) is 11.1 Å². The third-order valence-corrected chi connectivity index (χ3v) is 1.77. The second-order valence-electron chi connectivity index (χ2n) is 2.69. The van der Waals surface area contributed by atoms with Crippen LogP contribution in [0, 0.1) is 0 Å². The van der Waals surface area contributed by atoms with E-state index in [2.05, 4.69) is 11.6 Å². The van der Waals surface area contributed by atoms with E-state index in [-0.39, 0.29) is 0 Å². The zero-order valence-corrected chi connectivity index (χ0v) is 6.70. The van der Waals surface area contributed by atoms with E-state index in [4.69, 9.17) is 0 Å². The third-order valence-electron chi connectivity index (χ3n) is 1.77. The van der Waals surface area contributed by atoms with Crippen molar-refractivity contribution in [1.82, 2.24) is 0 Å². The van der Waals surface area contributed by atoms with Gasteiger partial charge in [-0.3, -0.25) is 0 Å². The van der Waals surface area contributed by atoms with E-state index < -0.39 is 0 Å². The van der Waals surface area contributed by atoms with Crippen LogP contribution in [0.2, 0.25) is 0 Å². The number of allylic oxidation sites excluding steroid dienone is 2. The van der Waals surface area contributed by atoms with Crippen LogP contribution >= 0.6 is 0 Å². The van der Waals surface area contributed by atoms with Gasteiger partial charge in [0.15, 0.2) is 0 Å².